The lowest BCUT2D eigenvalue weighted by molar-refractivity contribution is 0.158. The molecule has 37 heavy (non-hydrogen) atoms. The number of aliphatic hydroxyl groups is 1. The average molecular weight is 524 g/mol. The van der Waals surface area contributed by atoms with Crippen molar-refractivity contribution in [3.05, 3.63) is 84.1 Å². The summed E-state index contributed by atoms with van der Waals surface area (Å²) >= 11 is 0. The summed E-state index contributed by atoms with van der Waals surface area (Å²) in [5.41, 5.74) is 3.33. The van der Waals surface area contributed by atoms with Gasteiger partial charge in [0, 0.05) is 30.5 Å². The molecule has 3 N–H and O–H groups in total. The quantitative estimate of drug-likeness (QED) is 0.265. The van der Waals surface area contributed by atoms with Crippen LogP contribution in [-0.2, 0) is 16.6 Å². The van der Waals surface area contributed by atoms with Crippen LogP contribution in [0.1, 0.15) is 43.4 Å². The minimum absolute atomic E-state index is 0.182. The van der Waals surface area contributed by atoms with Crippen LogP contribution >= 0.6 is 0 Å². The zero-order valence-corrected chi connectivity index (χ0v) is 22.3. The first-order valence-corrected chi connectivity index (χ1v) is 13.6. The maximum atomic E-state index is 12.6. The molecule has 0 aliphatic heterocycles. The molecule has 9 nitrogen and oxygen atoms in total. The summed E-state index contributed by atoms with van der Waals surface area (Å²) in [6.45, 7) is 8.99. The number of aryl methyl sites for hydroxylation is 3. The molecule has 0 fully saturated rings. The van der Waals surface area contributed by atoms with Crippen molar-refractivity contribution in [1.29, 1.82) is 0 Å². The van der Waals surface area contributed by atoms with Gasteiger partial charge >= 0.3 is 0 Å². The molecule has 0 aliphatic rings. The molecule has 4 rings (SSSR count). The van der Waals surface area contributed by atoms with Crippen molar-refractivity contribution in [2.45, 2.75) is 57.2 Å². The molecule has 0 aliphatic carbocycles. The third-order valence-corrected chi connectivity index (χ3v) is 7.67. The van der Waals surface area contributed by atoms with Crippen LogP contribution in [0, 0.1) is 13.8 Å². The maximum absolute atomic E-state index is 12.6. The van der Waals surface area contributed by atoms with Crippen molar-refractivity contribution < 1.29 is 18.0 Å². The Labute approximate surface area is 217 Å². The minimum atomic E-state index is -3.71. The highest BCUT2D eigenvalue weighted by Crippen LogP contribution is 2.25. The molecule has 2 aromatic carbocycles. The van der Waals surface area contributed by atoms with E-state index in [2.05, 4.69) is 34.0 Å². The molecule has 4 aromatic rings. The predicted molar refractivity (Wildman–Crippen MR) is 143 cm³/mol. The highest BCUT2D eigenvalue weighted by molar-refractivity contribution is 7.92. The Morgan fingerprint density at radius 3 is 2.57 bits per heavy atom. The summed E-state index contributed by atoms with van der Waals surface area (Å²) in [7, 11) is -3.71. The number of anilines is 1. The monoisotopic (exact) mass is 523 g/mol. The fourth-order valence-corrected chi connectivity index (χ4v) is 5.14. The second-order valence-electron chi connectivity index (χ2n) is 9.77. The Hall–Kier alpha value is -3.47. The molecule has 0 saturated carbocycles. The molecular formula is C27H33N5O4S. The van der Waals surface area contributed by atoms with Gasteiger partial charge in [-0.05, 0) is 63.9 Å². The summed E-state index contributed by atoms with van der Waals surface area (Å²) in [5.74, 6) is 0.746. The fraction of sp³-hybridized carbons (Fsp3) is 0.333. The van der Waals surface area contributed by atoms with Gasteiger partial charge in [-0.2, -0.15) is 0 Å². The second-order valence-corrected chi connectivity index (χ2v) is 11.5. The van der Waals surface area contributed by atoms with Crippen LogP contribution in [0.5, 0.6) is 0 Å². The number of imidazole rings is 1. The van der Waals surface area contributed by atoms with Gasteiger partial charge in [0.05, 0.1) is 34.3 Å². The normalized spacial score (nSPS) is 13.0. The molecule has 1 atom stereocenters. The van der Waals surface area contributed by atoms with E-state index in [4.69, 9.17) is 4.52 Å². The van der Waals surface area contributed by atoms with Crippen LogP contribution in [0.4, 0.5) is 5.69 Å². The third kappa shape index (κ3) is 6.65. The number of hydrogen-bond donors (Lipinski definition) is 3. The van der Waals surface area contributed by atoms with Crippen LogP contribution in [0.3, 0.4) is 0 Å². The number of benzene rings is 2. The predicted octanol–water partition coefficient (Wildman–Crippen LogP) is 4.45. The average Bonchev–Trinajstić information content (AvgIpc) is 3.47. The number of aliphatic hydroxyl groups excluding tert-OH is 1. The molecule has 2 heterocycles. The lowest BCUT2D eigenvalue weighted by atomic mass is 9.99. The molecular weight excluding hydrogens is 490 g/mol. The van der Waals surface area contributed by atoms with E-state index in [9.17, 15) is 13.5 Å². The number of β-amino-alcohol motifs (C(OH)–C–C–N with tert-alkyl or cyclic N) is 1. The van der Waals surface area contributed by atoms with Gasteiger partial charge < -0.3 is 19.5 Å². The Morgan fingerprint density at radius 2 is 1.86 bits per heavy atom. The van der Waals surface area contributed by atoms with Gasteiger partial charge in [0.25, 0.3) is 10.0 Å². The van der Waals surface area contributed by atoms with Crippen molar-refractivity contribution in [1.82, 2.24) is 20.0 Å². The van der Waals surface area contributed by atoms with E-state index < -0.39 is 16.1 Å². The minimum Gasteiger partial charge on any atom is -0.387 e. The van der Waals surface area contributed by atoms with E-state index in [1.807, 2.05) is 24.6 Å². The summed E-state index contributed by atoms with van der Waals surface area (Å²) in [5, 5.41) is 18.2. The van der Waals surface area contributed by atoms with Crippen molar-refractivity contribution >= 4 is 15.7 Å². The van der Waals surface area contributed by atoms with Crippen molar-refractivity contribution in [2.75, 3.05) is 11.3 Å². The lowest BCUT2D eigenvalue weighted by Crippen LogP contribution is -2.42. The highest BCUT2D eigenvalue weighted by Gasteiger charge is 2.21. The van der Waals surface area contributed by atoms with E-state index >= 15 is 0 Å². The third-order valence-electron chi connectivity index (χ3n) is 6.27. The number of aromatic nitrogens is 3. The molecule has 0 bridgehead atoms. The summed E-state index contributed by atoms with van der Waals surface area (Å²) in [6, 6.07) is 15.0. The van der Waals surface area contributed by atoms with Crippen LogP contribution in [-0.4, -0.2) is 40.3 Å². The van der Waals surface area contributed by atoms with Gasteiger partial charge in [0.1, 0.15) is 5.76 Å². The van der Waals surface area contributed by atoms with Crippen LogP contribution in [0.2, 0.25) is 0 Å². The fourth-order valence-electron chi connectivity index (χ4n) is 4.07. The van der Waals surface area contributed by atoms with Gasteiger partial charge in [-0.15, -0.1) is 0 Å². The van der Waals surface area contributed by atoms with Crippen molar-refractivity contribution in [3.8, 4) is 11.3 Å². The molecule has 196 valence electrons. The summed E-state index contributed by atoms with van der Waals surface area (Å²) < 4.78 is 35.1. The van der Waals surface area contributed by atoms with Gasteiger partial charge in [-0.1, -0.05) is 35.5 Å². The second kappa shape index (κ2) is 10.9. The van der Waals surface area contributed by atoms with Gasteiger partial charge in [-0.3, -0.25) is 4.72 Å². The highest BCUT2D eigenvalue weighted by atomic mass is 32.2. The summed E-state index contributed by atoms with van der Waals surface area (Å²) in [6.07, 6.45) is 3.78. The zero-order chi connectivity index (χ0) is 26.6. The molecule has 2 aromatic heterocycles. The van der Waals surface area contributed by atoms with E-state index in [-0.39, 0.29) is 10.4 Å². The van der Waals surface area contributed by atoms with Gasteiger partial charge in [0.2, 0.25) is 0 Å². The first-order chi connectivity index (χ1) is 17.5. The maximum Gasteiger partial charge on any atom is 0.261 e. The van der Waals surface area contributed by atoms with Gasteiger partial charge in [-0.25, -0.2) is 13.4 Å². The standard InChI is InChI=1S/C27H33N5O4S/c1-19-26(20(2)36-30-19)24-17-32(18-28-24)14-13-27(3,4)29-16-25(33)21-9-8-10-22(15-21)31-37(34,35)23-11-6-5-7-12-23/h5-12,15,17-18,25,29,31,33H,13-14,16H2,1-4H3. The van der Waals surface area contributed by atoms with E-state index in [0.717, 1.165) is 35.7 Å². The van der Waals surface area contributed by atoms with E-state index in [1.165, 1.54) is 12.1 Å². The van der Waals surface area contributed by atoms with Gasteiger partial charge in [0.15, 0.2) is 0 Å². The first kappa shape index (κ1) is 26.6. The molecule has 0 spiro atoms. The van der Waals surface area contributed by atoms with Crippen LogP contribution in [0.15, 0.2) is 76.5 Å². The zero-order valence-electron chi connectivity index (χ0n) is 21.5. The van der Waals surface area contributed by atoms with Crippen molar-refractivity contribution in [2.24, 2.45) is 0 Å². The number of nitrogens with one attached hydrogen (secondary N) is 2. The van der Waals surface area contributed by atoms with E-state index in [1.54, 1.807) is 48.8 Å². The Bertz CT molecular complexity index is 1420. The first-order valence-electron chi connectivity index (χ1n) is 12.1. The topological polar surface area (TPSA) is 122 Å². The lowest BCUT2D eigenvalue weighted by Gasteiger charge is -2.28. The largest absolute Gasteiger partial charge is 0.387 e. The summed E-state index contributed by atoms with van der Waals surface area (Å²) in [4.78, 5) is 4.68. The van der Waals surface area contributed by atoms with Crippen molar-refractivity contribution in [3.63, 3.8) is 0 Å². The molecule has 0 saturated heterocycles. The Morgan fingerprint density at radius 1 is 1.11 bits per heavy atom. The SMILES string of the molecule is Cc1noc(C)c1-c1cn(CCC(C)(C)NCC(O)c2cccc(NS(=O)(=O)c3ccccc3)c2)cn1. The van der Waals surface area contributed by atoms with Crippen LogP contribution < -0.4 is 10.0 Å². The number of hydrogen-bond acceptors (Lipinski definition) is 7. The smallest absolute Gasteiger partial charge is 0.261 e. The number of nitrogens with zero attached hydrogens (tertiary/aromatic N) is 3. The molecule has 0 radical (unpaired) electrons. The van der Waals surface area contributed by atoms with Crippen LogP contribution in [0.25, 0.3) is 11.3 Å². The molecule has 0 amide bonds. The number of rotatable bonds is 11. The molecule has 1 unspecified atom stereocenters. The Kier molecular flexibility index (Phi) is 7.82. The molecule has 10 heteroatoms. The van der Waals surface area contributed by atoms with E-state index in [0.29, 0.717) is 17.8 Å². The Balaban J connectivity index is 1.33. The number of sulfonamides is 1.